The Balaban J connectivity index is 1.99. The topological polar surface area (TPSA) is 39.1 Å². The van der Waals surface area contributed by atoms with Gasteiger partial charge in [0.15, 0.2) is 0 Å². The Labute approximate surface area is 122 Å². The highest BCUT2D eigenvalue weighted by atomic mass is 15.1. The number of nitriles is 1. The SMILES string of the molecule is CCN(CCC(C)(C#N)NC1CC1)c1ccccc1C. The number of benzene rings is 1. The molecular weight excluding hydrogens is 246 g/mol. The summed E-state index contributed by atoms with van der Waals surface area (Å²) >= 11 is 0. The summed E-state index contributed by atoms with van der Waals surface area (Å²) in [6.45, 7) is 8.21. The first-order valence-electron chi connectivity index (χ1n) is 7.57. The van der Waals surface area contributed by atoms with Crippen molar-refractivity contribution in [2.75, 3.05) is 18.0 Å². The lowest BCUT2D eigenvalue weighted by Gasteiger charge is -2.30. The predicted molar refractivity (Wildman–Crippen MR) is 83.9 cm³/mol. The first kappa shape index (κ1) is 14.9. The van der Waals surface area contributed by atoms with Crippen LogP contribution in [-0.2, 0) is 0 Å². The lowest BCUT2D eigenvalue weighted by Crippen LogP contribution is -2.45. The van der Waals surface area contributed by atoms with Crippen molar-refractivity contribution in [3.8, 4) is 6.07 Å². The number of aryl methyl sites for hydroxylation is 1. The van der Waals surface area contributed by atoms with Gasteiger partial charge in [0.1, 0.15) is 5.54 Å². The third kappa shape index (κ3) is 3.74. The van der Waals surface area contributed by atoms with E-state index in [9.17, 15) is 5.26 Å². The first-order chi connectivity index (χ1) is 9.58. The normalized spacial score (nSPS) is 17.3. The number of nitrogens with zero attached hydrogens (tertiary/aromatic N) is 2. The molecule has 1 atom stereocenters. The molecule has 0 saturated heterocycles. The van der Waals surface area contributed by atoms with Crippen molar-refractivity contribution in [1.82, 2.24) is 5.32 Å². The van der Waals surface area contributed by atoms with Gasteiger partial charge in [-0.3, -0.25) is 5.32 Å². The van der Waals surface area contributed by atoms with Crippen molar-refractivity contribution in [3.63, 3.8) is 0 Å². The van der Waals surface area contributed by atoms with Crippen molar-refractivity contribution in [2.45, 2.75) is 51.6 Å². The smallest absolute Gasteiger partial charge is 0.105 e. The zero-order chi connectivity index (χ0) is 14.6. The minimum Gasteiger partial charge on any atom is -0.371 e. The van der Waals surface area contributed by atoms with Crippen LogP contribution in [0.15, 0.2) is 24.3 Å². The van der Waals surface area contributed by atoms with Gasteiger partial charge in [-0.2, -0.15) is 5.26 Å². The third-order valence-corrected chi connectivity index (χ3v) is 4.07. The number of nitrogens with one attached hydrogen (secondary N) is 1. The van der Waals surface area contributed by atoms with Gasteiger partial charge in [0.25, 0.3) is 0 Å². The van der Waals surface area contributed by atoms with E-state index >= 15 is 0 Å². The molecule has 0 bridgehead atoms. The van der Waals surface area contributed by atoms with Gasteiger partial charge in [-0.05, 0) is 51.7 Å². The summed E-state index contributed by atoms with van der Waals surface area (Å²) in [7, 11) is 0. The summed E-state index contributed by atoms with van der Waals surface area (Å²) in [4.78, 5) is 2.36. The Kier molecular flexibility index (Phi) is 4.67. The van der Waals surface area contributed by atoms with Gasteiger partial charge in [-0.25, -0.2) is 0 Å². The number of hydrogen-bond donors (Lipinski definition) is 1. The Morgan fingerprint density at radius 1 is 1.40 bits per heavy atom. The van der Waals surface area contributed by atoms with Crippen LogP contribution in [0.4, 0.5) is 5.69 Å². The average molecular weight is 271 g/mol. The second-order valence-electron chi connectivity index (χ2n) is 5.98. The number of anilines is 1. The fraction of sp³-hybridized carbons (Fsp3) is 0.588. The Morgan fingerprint density at radius 2 is 2.10 bits per heavy atom. The molecule has 3 nitrogen and oxygen atoms in total. The second kappa shape index (κ2) is 6.28. The highest BCUT2D eigenvalue weighted by Crippen LogP contribution is 2.25. The molecule has 1 aliphatic carbocycles. The van der Waals surface area contributed by atoms with Crippen LogP contribution in [0.1, 0.15) is 38.7 Å². The molecule has 1 saturated carbocycles. The maximum Gasteiger partial charge on any atom is 0.105 e. The molecule has 0 spiro atoms. The summed E-state index contributed by atoms with van der Waals surface area (Å²) in [6, 6.07) is 11.5. The number of rotatable bonds is 7. The van der Waals surface area contributed by atoms with E-state index < -0.39 is 5.54 Å². The van der Waals surface area contributed by atoms with Gasteiger partial charge in [-0.15, -0.1) is 0 Å². The molecule has 1 fully saturated rings. The molecule has 0 aromatic heterocycles. The van der Waals surface area contributed by atoms with Crippen LogP contribution in [0.5, 0.6) is 0 Å². The van der Waals surface area contributed by atoms with E-state index in [-0.39, 0.29) is 0 Å². The van der Waals surface area contributed by atoms with Crippen molar-refractivity contribution in [3.05, 3.63) is 29.8 Å². The molecule has 1 aromatic rings. The molecule has 1 unspecified atom stereocenters. The highest BCUT2D eigenvalue weighted by molar-refractivity contribution is 5.52. The van der Waals surface area contributed by atoms with Crippen LogP contribution in [0, 0.1) is 18.3 Å². The maximum absolute atomic E-state index is 9.44. The van der Waals surface area contributed by atoms with Crippen LogP contribution >= 0.6 is 0 Å². The van der Waals surface area contributed by atoms with E-state index in [2.05, 4.69) is 54.4 Å². The number of para-hydroxylation sites is 1. The molecule has 1 N–H and O–H groups in total. The van der Waals surface area contributed by atoms with E-state index in [1.165, 1.54) is 24.1 Å². The molecule has 0 heterocycles. The lowest BCUT2D eigenvalue weighted by molar-refractivity contribution is 0.415. The third-order valence-electron chi connectivity index (χ3n) is 4.07. The number of hydrogen-bond acceptors (Lipinski definition) is 3. The minimum absolute atomic E-state index is 0.405. The molecule has 3 heteroatoms. The minimum atomic E-state index is -0.405. The largest absolute Gasteiger partial charge is 0.371 e. The maximum atomic E-state index is 9.44. The van der Waals surface area contributed by atoms with Gasteiger partial charge in [0, 0.05) is 24.8 Å². The fourth-order valence-electron chi connectivity index (χ4n) is 2.56. The molecule has 0 amide bonds. The highest BCUT2D eigenvalue weighted by Gasteiger charge is 2.32. The molecule has 2 rings (SSSR count). The van der Waals surface area contributed by atoms with Gasteiger partial charge < -0.3 is 4.90 Å². The summed E-state index contributed by atoms with van der Waals surface area (Å²) in [5, 5.41) is 12.9. The molecule has 0 radical (unpaired) electrons. The fourth-order valence-corrected chi connectivity index (χ4v) is 2.56. The molecular formula is C17H25N3. The van der Waals surface area contributed by atoms with Crippen LogP contribution < -0.4 is 10.2 Å². The van der Waals surface area contributed by atoms with Crippen molar-refractivity contribution in [1.29, 1.82) is 5.26 Å². The predicted octanol–water partition coefficient (Wildman–Crippen LogP) is 3.25. The molecule has 108 valence electrons. The summed E-state index contributed by atoms with van der Waals surface area (Å²) in [6.07, 6.45) is 3.28. The van der Waals surface area contributed by atoms with Crippen LogP contribution in [0.3, 0.4) is 0 Å². The summed E-state index contributed by atoms with van der Waals surface area (Å²) in [5.41, 5.74) is 2.17. The quantitative estimate of drug-likeness (QED) is 0.827. The van der Waals surface area contributed by atoms with E-state index in [0.717, 1.165) is 19.5 Å². The van der Waals surface area contributed by atoms with E-state index in [0.29, 0.717) is 6.04 Å². The average Bonchev–Trinajstić information content (AvgIpc) is 3.25. The summed E-state index contributed by atoms with van der Waals surface area (Å²) in [5.74, 6) is 0. The Morgan fingerprint density at radius 3 is 2.65 bits per heavy atom. The van der Waals surface area contributed by atoms with Gasteiger partial charge in [0.2, 0.25) is 0 Å². The molecule has 1 aromatic carbocycles. The Bertz CT molecular complexity index is 487. The summed E-state index contributed by atoms with van der Waals surface area (Å²) < 4.78 is 0. The van der Waals surface area contributed by atoms with Crippen molar-refractivity contribution in [2.24, 2.45) is 0 Å². The van der Waals surface area contributed by atoms with E-state index in [1.807, 2.05) is 6.92 Å². The van der Waals surface area contributed by atoms with Gasteiger partial charge in [0.05, 0.1) is 6.07 Å². The molecule has 20 heavy (non-hydrogen) atoms. The zero-order valence-corrected chi connectivity index (χ0v) is 12.8. The van der Waals surface area contributed by atoms with Crippen molar-refractivity contribution >= 4 is 5.69 Å². The molecule has 1 aliphatic rings. The first-order valence-corrected chi connectivity index (χ1v) is 7.57. The lowest BCUT2D eigenvalue weighted by atomic mass is 9.99. The van der Waals surface area contributed by atoms with Crippen LogP contribution in [0.25, 0.3) is 0 Å². The standard InChI is InChI=1S/C17H25N3/c1-4-20(16-8-6-5-7-14(16)2)12-11-17(3,13-18)19-15-9-10-15/h5-8,15,19H,4,9-12H2,1-3H3. The van der Waals surface area contributed by atoms with Gasteiger partial charge >= 0.3 is 0 Å². The Hall–Kier alpha value is -1.53. The van der Waals surface area contributed by atoms with E-state index in [1.54, 1.807) is 0 Å². The monoisotopic (exact) mass is 271 g/mol. The molecule has 0 aliphatic heterocycles. The zero-order valence-electron chi connectivity index (χ0n) is 12.8. The van der Waals surface area contributed by atoms with E-state index in [4.69, 9.17) is 0 Å². The van der Waals surface area contributed by atoms with Crippen molar-refractivity contribution < 1.29 is 0 Å². The van der Waals surface area contributed by atoms with Gasteiger partial charge in [-0.1, -0.05) is 18.2 Å². The second-order valence-corrected chi connectivity index (χ2v) is 5.98. The van der Waals surface area contributed by atoms with Crippen LogP contribution in [-0.4, -0.2) is 24.7 Å². The van der Waals surface area contributed by atoms with Crippen LogP contribution in [0.2, 0.25) is 0 Å².